The molecule has 1 aliphatic rings. The zero-order valence-electron chi connectivity index (χ0n) is 12.0. The van der Waals surface area contributed by atoms with Gasteiger partial charge in [-0.2, -0.15) is 0 Å². The Kier molecular flexibility index (Phi) is 5.38. The SMILES string of the molecule is CCC[C@H](N)C(=O)Nc1ccccc1N1CCOCC1. The number of nitrogens with two attached hydrogens (primary N) is 1. The van der Waals surface area contributed by atoms with Crippen molar-refractivity contribution in [3.63, 3.8) is 0 Å². The molecule has 1 atom stereocenters. The maximum Gasteiger partial charge on any atom is 0.241 e. The second-order valence-electron chi connectivity index (χ2n) is 5.00. The smallest absolute Gasteiger partial charge is 0.241 e. The van der Waals surface area contributed by atoms with E-state index in [0.717, 1.165) is 44.1 Å². The molecule has 1 saturated heterocycles. The van der Waals surface area contributed by atoms with Crippen LogP contribution in [0, 0.1) is 0 Å². The number of carbonyl (C=O) groups is 1. The minimum atomic E-state index is -0.447. The lowest BCUT2D eigenvalue weighted by Crippen LogP contribution is -2.38. The molecule has 0 spiro atoms. The Balaban J connectivity index is 2.09. The highest BCUT2D eigenvalue weighted by atomic mass is 16.5. The largest absolute Gasteiger partial charge is 0.378 e. The Labute approximate surface area is 120 Å². The number of ether oxygens (including phenoxy) is 1. The number of hydrogen-bond acceptors (Lipinski definition) is 4. The molecule has 0 radical (unpaired) electrons. The number of benzene rings is 1. The van der Waals surface area contributed by atoms with Crippen LogP contribution in [0.15, 0.2) is 24.3 Å². The van der Waals surface area contributed by atoms with Gasteiger partial charge < -0.3 is 20.7 Å². The van der Waals surface area contributed by atoms with E-state index in [1.54, 1.807) is 0 Å². The first-order valence-corrected chi connectivity index (χ1v) is 7.20. The van der Waals surface area contributed by atoms with E-state index in [-0.39, 0.29) is 5.91 Å². The minimum absolute atomic E-state index is 0.118. The van der Waals surface area contributed by atoms with E-state index < -0.39 is 6.04 Å². The first kappa shape index (κ1) is 14.8. The monoisotopic (exact) mass is 277 g/mol. The number of rotatable bonds is 5. The van der Waals surface area contributed by atoms with E-state index in [9.17, 15) is 4.79 Å². The van der Waals surface area contributed by atoms with E-state index >= 15 is 0 Å². The highest BCUT2D eigenvalue weighted by Crippen LogP contribution is 2.26. The van der Waals surface area contributed by atoms with Gasteiger partial charge in [-0.25, -0.2) is 0 Å². The van der Waals surface area contributed by atoms with Crippen LogP contribution in [0.25, 0.3) is 0 Å². The van der Waals surface area contributed by atoms with Crippen LogP contribution in [0.3, 0.4) is 0 Å². The molecule has 3 N–H and O–H groups in total. The van der Waals surface area contributed by atoms with Gasteiger partial charge >= 0.3 is 0 Å². The molecule has 1 fully saturated rings. The van der Waals surface area contributed by atoms with Gasteiger partial charge in [0, 0.05) is 13.1 Å². The highest BCUT2D eigenvalue weighted by molar-refractivity contribution is 5.97. The summed E-state index contributed by atoms with van der Waals surface area (Å²) >= 11 is 0. The molecule has 20 heavy (non-hydrogen) atoms. The number of nitrogens with one attached hydrogen (secondary N) is 1. The Hall–Kier alpha value is -1.59. The molecule has 0 aliphatic carbocycles. The van der Waals surface area contributed by atoms with Gasteiger partial charge in [0.25, 0.3) is 0 Å². The van der Waals surface area contributed by atoms with Crippen LogP contribution in [-0.4, -0.2) is 38.3 Å². The predicted octanol–water partition coefficient (Wildman–Crippen LogP) is 1.59. The molecule has 5 nitrogen and oxygen atoms in total. The Morgan fingerprint density at radius 1 is 1.40 bits per heavy atom. The first-order chi connectivity index (χ1) is 9.72. The molecular formula is C15H23N3O2. The third-order valence-corrected chi connectivity index (χ3v) is 3.45. The Bertz CT molecular complexity index is 444. The van der Waals surface area contributed by atoms with Crippen LogP contribution < -0.4 is 16.0 Å². The van der Waals surface area contributed by atoms with E-state index in [1.807, 2.05) is 31.2 Å². The van der Waals surface area contributed by atoms with E-state index in [2.05, 4.69) is 10.2 Å². The predicted molar refractivity (Wildman–Crippen MR) is 81.0 cm³/mol. The number of nitrogens with zero attached hydrogens (tertiary/aromatic N) is 1. The summed E-state index contributed by atoms with van der Waals surface area (Å²) in [5, 5.41) is 2.95. The number of hydrogen-bond donors (Lipinski definition) is 2. The molecule has 1 heterocycles. The fraction of sp³-hybridized carbons (Fsp3) is 0.533. The Morgan fingerprint density at radius 2 is 2.10 bits per heavy atom. The minimum Gasteiger partial charge on any atom is -0.378 e. The van der Waals surface area contributed by atoms with Gasteiger partial charge in [-0.3, -0.25) is 4.79 Å². The van der Waals surface area contributed by atoms with Crippen molar-refractivity contribution in [3.8, 4) is 0 Å². The summed E-state index contributed by atoms with van der Waals surface area (Å²) in [5.41, 5.74) is 7.72. The number of morpholine rings is 1. The normalized spacial score (nSPS) is 16.8. The molecule has 0 bridgehead atoms. The second-order valence-corrected chi connectivity index (χ2v) is 5.00. The molecule has 0 unspecified atom stereocenters. The highest BCUT2D eigenvalue weighted by Gasteiger charge is 2.18. The summed E-state index contributed by atoms with van der Waals surface area (Å²) < 4.78 is 5.36. The van der Waals surface area contributed by atoms with Crippen molar-refractivity contribution in [3.05, 3.63) is 24.3 Å². The van der Waals surface area contributed by atoms with Crippen LogP contribution in [0.4, 0.5) is 11.4 Å². The summed E-state index contributed by atoms with van der Waals surface area (Å²) in [4.78, 5) is 14.3. The Morgan fingerprint density at radius 3 is 2.80 bits per heavy atom. The van der Waals surface area contributed by atoms with E-state index in [1.165, 1.54) is 0 Å². The van der Waals surface area contributed by atoms with Crippen molar-refractivity contribution in [2.75, 3.05) is 36.5 Å². The summed E-state index contributed by atoms with van der Waals surface area (Å²) in [6.45, 7) is 5.14. The van der Waals surface area contributed by atoms with Crippen molar-refractivity contribution in [2.45, 2.75) is 25.8 Å². The zero-order chi connectivity index (χ0) is 14.4. The molecule has 1 aliphatic heterocycles. The van der Waals surface area contributed by atoms with E-state index in [4.69, 9.17) is 10.5 Å². The molecule has 0 aromatic heterocycles. The van der Waals surface area contributed by atoms with E-state index in [0.29, 0.717) is 6.42 Å². The summed E-state index contributed by atoms with van der Waals surface area (Å²) in [7, 11) is 0. The van der Waals surface area contributed by atoms with Crippen LogP contribution in [-0.2, 0) is 9.53 Å². The van der Waals surface area contributed by atoms with Crippen LogP contribution in [0.1, 0.15) is 19.8 Å². The molecule has 1 amide bonds. The van der Waals surface area contributed by atoms with Gasteiger partial charge in [0.05, 0.1) is 30.6 Å². The molecule has 110 valence electrons. The fourth-order valence-corrected chi connectivity index (χ4v) is 2.33. The van der Waals surface area contributed by atoms with Crippen molar-refractivity contribution in [1.82, 2.24) is 0 Å². The van der Waals surface area contributed by atoms with Crippen molar-refractivity contribution >= 4 is 17.3 Å². The molecule has 0 saturated carbocycles. The van der Waals surface area contributed by atoms with Gasteiger partial charge in [0.2, 0.25) is 5.91 Å². The third kappa shape index (κ3) is 3.71. The van der Waals surface area contributed by atoms with Crippen molar-refractivity contribution < 1.29 is 9.53 Å². The summed E-state index contributed by atoms with van der Waals surface area (Å²) in [6, 6.07) is 7.39. The molecular weight excluding hydrogens is 254 g/mol. The average Bonchev–Trinajstić information content (AvgIpc) is 2.49. The average molecular weight is 277 g/mol. The van der Waals surface area contributed by atoms with Gasteiger partial charge in [-0.05, 0) is 18.6 Å². The zero-order valence-corrected chi connectivity index (χ0v) is 12.0. The molecule has 1 aromatic rings. The third-order valence-electron chi connectivity index (χ3n) is 3.45. The number of carbonyl (C=O) groups excluding carboxylic acids is 1. The van der Waals surface area contributed by atoms with Crippen LogP contribution in [0.5, 0.6) is 0 Å². The van der Waals surface area contributed by atoms with Gasteiger partial charge in [0.1, 0.15) is 0 Å². The van der Waals surface area contributed by atoms with Gasteiger partial charge in [-0.1, -0.05) is 25.5 Å². The number of anilines is 2. The molecule has 2 rings (SSSR count). The standard InChI is InChI=1S/C15H23N3O2/c1-2-5-12(16)15(19)17-13-6-3-4-7-14(13)18-8-10-20-11-9-18/h3-4,6-7,12H,2,5,8-11,16H2,1H3,(H,17,19)/t12-/m0/s1. The fourth-order valence-electron chi connectivity index (χ4n) is 2.33. The lowest BCUT2D eigenvalue weighted by Gasteiger charge is -2.30. The maximum atomic E-state index is 12.1. The second kappa shape index (κ2) is 7.26. The van der Waals surface area contributed by atoms with Crippen LogP contribution in [0.2, 0.25) is 0 Å². The first-order valence-electron chi connectivity index (χ1n) is 7.20. The lowest BCUT2D eigenvalue weighted by molar-refractivity contribution is -0.117. The topological polar surface area (TPSA) is 67.6 Å². The quantitative estimate of drug-likeness (QED) is 0.857. The van der Waals surface area contributed by atoms with Gasteiger partial charge in [-0.15, -0.1) is 0 Å². The van der Waals surface area contributed by atoms with Crippen LogP contribution >= 0.6 is 0 Å². The van der Waals surface area contributed by atoms with Crippen molar-refractivity contribution in [1.29, 1.82) is 0 Å². The summed E-state index contributed by atoms with van der Waals surface area (Å²) in [6.07, 6.45) is 1.60. The number of para-hydroxylation sites is 2. The molecule has 1 aromatic carbocycles. The van der Waals surface area contributed by atoms with Gasteiger partial charge in [0.15, 0.2) is 0 Å². The molecule has 5 heteroatoms. The maximum absolute atomic E-state index is 12.1. The lowest BCUT2D eigenvalue weighted by atomic mass is 10.1. The summed E-state index contributed by atoms with van der Waals surface area (Å²) in [5.74, 6) is -0.118. The number of amides is 1. The van der Waals surface area contributed by atoms with Crippen molar-refractivity contribution in [2.24, 2.45) is 5.73 Å².